The van der Waals surface area contributed by atoms with Crippen LogP contribution in [-0.4, -0.2) is 25.1 Å². The van der Waals surface area contributed by atoms with Gasteiger partial charge in [0.1, 0.15) is 0 Å². The summed E-state index contributed by atoms with van der Waals surface area (Å²) in [6, 6.07) is 23.2. The fraction of sp³-hybridized carbons (Fsp3) is 0.120. The second-order valence-electron chi connectivity index (χ2n) is 7.58. The van der Waals surface area contributed by atoms with Gasteiger partial charge in [-0.2, -0.15) is 0 Å². The zero-order valence-electron chi connectivity index (χ0n) is 18.2. The van der Waals surface area contributed by atoms with Gasteiger partial charge >= 0.3 is 6.03 Å². The van der Waals surface area contributed by atoms with Gasteiger partial charge in [-0.3, -0.25) is 0 Å². The molecule has 0 unspecified atom stereocenters. The fourth-order valence-electron chi connectivity index (χ4n) is 3.16. The Labute approximate surface area is 191 Å². The molecule has 0 atom stereocenters. The molecule has 0 saturated heterocycles. The summed E-state index contributed by atoms with van der Waals surface area (Å²) < 4.78 is 0. The van der Waals surface area contributed by atoms with Crippen molar-refractivity contribution in [2.24, 2.45) is 0 Å². The molecule has 0 aliphatic carbocycles. The second-order valence-corrected chi connectivity index (χ2v) is 8.44. The number of anilines is 5. The van der Waals surface area contributed by atoms with E-state index in [9.17, 15) is 4.79 Å². The zero-order chi connectivity index (χ0) is 22.5. The summed E-state index contributed by atoms with van der Waals surface area (Å²) in [5.74, 6) is 0. The van der Waals surface area contributed by atoms with Gasteiger partial charge in [0.25, 0.3) is 0 Å². The van der Waals surface area contributed by atoms with Crippen molar-refractivity contribution < 1.29 is 4.79 Å². The van der Waals surface area contributed by atoms with Crippen LogP contribution in [0.25, 0.3) is 11.3 Å². The Kier molecular flexibility index (Phi) is 6.37. The second kappa shape index (κ2) is 9.53. The molecule has 0 fully saturated rings. The number of urea groups is 1. The number of amides is 2. The third kappa shape index (κ3) is 5.25. The van der Waals surface area contributed by atoms with Crippen LogP contribution in [0.1, 0.15) is 5.56 Å². The molecule has 1 heterocycles. The fourth-order valence-corrected chi connectivity index (χ4v) is 3.89. The number of hydrogen-bond acceptors (Lipinski definition) is 5. The molecule has 0 radical (unpaired) electrons. The van der Waals surface area contributed by atoms with Crippen molar-refractivity contribution in [3.05, 3.63) is 83.7 Å². The Morgan fingerprint density at radius 1 is 0.906 bits per heavy atom. The molecule has 3 aromatic carbocycles. The minimum atomic E-state index is -0.294. The highest BCUT2D eigenvalue weighted by atomic mass is 32.1. The molecular formula is C25H25N5OS. The highest BCUT2D eigenvalue weighted by molar-refractivity contribution is 7.14. The third-order valence-electron chi connectivity index (χ3n) is 4.95. The summed E-state index contributed by atoms with van der Waals surface area (Å²) in [7, 11) is 3.96. The van der Waals surface area contributed by atoms with Crippen LogP contribution in [0.5, 0.6) is 0 Å². The number of carbonyl (C=O) groups excluding carboxylic acids is 1. The Morgan fingerprint density at radius 3 is 2.31 bits per heavy atom. The third-order valence-corrected chi connectivity index (χ3v) is 5.71. The van der Waals surface area contributed by atoms with Crippen molar-refractivity contribution in [1.29, 1.82) is 0 Å². The standard InChI is InChI=1S/C25H25N5OS/c1-17-9-10-20(27-24(31)26-19-11-13-21(14-12-19)30(2)3)15-22(17)28-25-29-23(16-32-25)18-7-5-4-6-8-18/h4-16H,1-3H3,(H,28,29)(H2,26,27,31). The Balaban J connectivity index is 1.42. The predicted molar refractivity (Wildman–Crippen MR) is 135 cm³/mol. The number of nitrogens with one attached hydrogen (secondary N) is 3. The van der Waals surface area contributed by atoms with Crippen LogP contribution in [0.15, 0.2) is 78.2 Å². The summed E-state index contributed by atoms with van der Waals surface area (Å²) in [6.45, 7) is 2.02. The molecule has 4 aromatic rings. The molecular weight excluding hydrogens is 418 g/mol. The maximum Gasteiger partial charge on any atom is 0.323 e. The van der Waals surface area contributed by atoms with Gasteiger partial charge in [-0.25, -0.2) is 9.78 Å². The molecule has 32 heavy (non-hydrogen) atoms. The molecule has 2 amide bonds. The van der Waals surface area contributed by atoms with Crippen LogP contribution in [0.4, 0.5) is 32.7 Å². The first-order valence-electron chi connectivity index (χ1n) is 10.2. The van der Waals surface area contributed by atoms with E-state index in [0.717, 1.165) is 39.0 Å². The summed E-state index contributed by atoms with van der Waals surface area (Å²) in [4.78, 5) is 19.1. The molecule has 0 aliphatic heterocycles. The van der Waals surface area contributed by atoms with Gasteiger partial charge in [0.05, 0.1) is 5.69 Å². The van der Waals surface area contributed by atoms with E-state index in [1.54, 1.807) is 11.3 Å². The SMILES string of the molecule is Cc1ccc(NC(=O)Nc2ccc(N(C)C)cc2)cc1Nc1nc(-c2ccccc2)cs1. The lowest BCUT2D eigenvalue weighted by Gasteiger charge is -2.14. The lowest BCUT2D eigenvalue weighted by atomic mass is 10.2. The van der Waals surface area contributed by atoms with Crippen LogP contribution in [0.2, 0.25) is 0 Å². The molecule has 1 aromatic heterocycles. The zero-order valence-corrected chi connectivity index (χ0v) is 19.0. The van der Waals surface area contributed by atoms with E-state index >= 15 is 0 Å². The van der Waals surface area contributed by atoms with Gasteiger partial charge in [0.15, 0.2) is 5.13 Å². The molecule has 0 saturated carbocycles. The van der Waals surface area contributed by atoms with Gasteiger partial charge < -0.3 is 20.9 Å². The molecule has 7 heteroatoms. The average Bonchev–Trinajstić information content (AvgIpc) is 3.25. The van der Waals surface area contributed by atoms with Crippen molar-refractivity contribution >= 4 is 45.2 Å². The number of nitrogens with zero attached hydrogens (tertiary/aromatic N) is 2. The summed E-state index contributed by atoms with van der Waals surface area (Å²) in [5.41, 5.74) is 6.47. The summed E-state index contributed by atoms with van der Waals surface area (Å²) in [5, 5.41) is 12.0. The first kappa shape index (κ1) is 21.4. The Bertz CT molecular complexity index is 1200. The van der Waals surface area contributed by atoms with E-state index in [0.29, 0.717) is 5.69 Å². The van der Waals surface area contributed by atoms with Gasteiger partial charge in [0.2, 0.25) is 0 Å². The molecule has 0 bridgehead atoms. The van der Waals surface area contributed by atoms with Gasteiger partial charge in [-0.05, 0) is 48.9 Å². The van der Waals surface area contributed by atoms with Crippen molar-refractivity contribution in [3.63, 3.8) is 0 Å². The number of benzene rings is 3. The number of aryl methyl sites for hydroxylation is 1. The Morgan fingerprint density at radius 2 is 1.59 bits per heavy atom. The van der Waals surface area contributed by atoms with E-state index in [1.165, 1.54) is 0 Å². The number of aromatic nitrogens is 1. The molecule has 3 N–H and O–H groups in total. The van der Waals surface area contributed by atoms with E-state index < -0.39 is 0 Å². The largest absolute Gasteiger partial charge is 0.378 e. The average molecular weight is 444 g/mol. The maximum absolute atomic E-state index is 12.5. The van der Waals surface area contributed by atoms with Gasteiger partial charge in [0, 0.05) is 47.8 Å². The van der Waals surface area contributed by atoms with E-state index in [1.807, 2.05) is 104 Å². The topological polar surface area (TPSA) is 69.3 Å². The molecule has 0 spiro atoms. The predicted octanol–water partition coefficient (Wildman–Crippen LogP) is 6.57. The van der Waals surface area contributed by atoms with Crippen molar-refractivity contribution in [3.8, 4) is 11.3 Å². The highest BCUT2D eigenvalue weighted by Gasteiger charge is 2.09. The van der Waals surface area contributed by atoms with Crippen LogP contribution >= 0.6 is 11.3 Å². The van der Waals surface area contributed by atoms with Crippen LogP contribution in [0, 0.1) is 6.92 Å². The van der Waals surface area contributed by atoms with Crippen LogP contribution in [-0.2, 0) is 0 Å². The minimum Gasteiger partial charge on any atom is -0.378 e. The molecule has 6 nitrogen and oxygen atoms in total. The molecule has 4 rings (SSSR count). The first-order chi connectivity index (χ1) is 15.5. The summed E-state index contributed by atoms with van der Waals surface area (Å²) >= 11 is 1.55. The monoisotopic (exact) mass is 443 g/mol. The smallest absolute Gasteiger partial charge is 0.323 e. The number of rotatable bonds is 6. The number of hydrogen-bond donors (Lipinski definition) is 3. The van der Waals surface area contributed by atoms with Gasteiger partial charge in [-0.1, -0.05) is 36.4 Å². The van der Waals surface area contributed by atoms with E-state index in [2.05, 4.69) is 20.9 Å². The summed E-state index contributed by atoms with van der Waals surface area (Å²) in [6.07, 6.45) is 0. The van der Waals surface area contributed by atoms with Crippen molar-refractivity contribution in [1.82, 2.24) is 4.98 Å². The van der Waals surface area contributed by atoms with Gasteiger partial charge in [-0.15, -0.1) is 11.3 Å². The normalized spacial score (nSPS) is 10.5. The quantitative estimate of drug-likeness (QED) is 0.315. The minimum absolute atomic E-state index is 0.294. The molecule has 162 valence electrons. The molecule has 0 aliphatic rings. The van der Waals surface area contributed by atoms with Crippen molar-refractivity contribution in [2.75, 3.05) is 34.9 Å². The first-order valence-corrected chi connectivity index (χ1v) is 11.1. The van der Waals surface area contributed by atoms with Crippen molar-refractivity contribution in [2.45, 2.75) is 6.92 Å². The van der Waals surface area contributed by atoms with Crippen LogP contribution < -0.4 is 20.9 Å². The Hall–Kier alpha value is -3.84. The van der Waals surface area contributed by atoms with E-state index in [4.69, 9.17) is 0 Å². The lowest BCUT2D eigenvalue weighted by molar-refractivity contribution is 0.262. The number of thiazole rings is 1. The lowest BCUT2D eigenvalue weighted by Crippen LogP contribution is -2.19. The maximum atomic E-state index is 12.5. The van der Waals surface area contributed by atoms with Crippen LogP contribution in [0.3, 0.4) is 0 Å². The number of carbonyl (C=O) groups is 1. The van der Waals surface area contributed by atoms with E-state index in [-0.39, 0.29) is 6.03 Å². The highest BCUT2D eigenvalue weighted by Crippen LogP contribution is 2.29.